The molecule has 0 heterocycles. The lowest BCUT2D eigenvalue weighted by molar-refractivity contribution is -0.208. The fourth-order valence-corrected chi connectivity index (χ4v) is 4.97. The van der Waals surface area contributed by atoms with Crippen molar-refractivity contribution >= 4 is 12.6 Å². The number of carbonyl (C=O) groups is 2. The molecule has 0 bridgehead atoms. The molecule has 5 nitrogen and oxygen atoms in total. The Labute approximate surface area is 267 Å². The van der Waals surface area contributed by atoms with Gasteiger partial charge in [0.2, 0.25) is 0 Å². The third kappa shape index (κ3) is 33.4. The lowest BCUT2D eigenvalue weighted by atomic mass is 10.1. The summed E-state index contributed by atoms with van der Waals surface area (Å²) in [6.07, 6.45) is 40.2. The molecular weight excluding hydrogens is 536 g/mol. The van der Waals surface area contributed by atoms with Gasteiger partial charge in [-0.2, -0.15) is 0 Å². The Morgan fingerprint density at radius 1 is 0.419 bits per heavy atom. The quantitative estimate of drug-likeness (QED) is 0.0307. The summed E-state index contributed by atoms with van der Waals surface area (Å²) in [6.45, 7) is 5.76. The number of unbranched alkanes of at least 4 members (excludes halogenated alkanes) is 22. The van der Waals surface area contributed by atoms with Crippen LogP contribution in [0.1, 0.15) is 181 Å². The number of carbonyl (C=O) groups excluding carboxylic acids is 2. The highest BCUT2D eigenvalue weighted by molar-refractivity contribution is 5.49. The minimum atomic E-state index is -0.375. The average Bonchev–Trinajstić information content (AvgIpc) is 3.01. The second kappa shape index (κ2) is 36.9. The second-order valence-corrected chi connectivity index (χ2v) is 12.0. The van der Waals surface area contributed by atoms with Crippen molar-refractivity contribution in [1.29, 1.82) is 0 Å². The van der Waals surface area contributed by atoms with Crippen LogP contribution in [0.5, 0.6) is 0 Å². The van der Waals surface area contributed by atoms with E-state index in [2.05, 4.69) is 38.2 Å². The maximum atomic E-state index is 10.4. The van der Waals surface area contributed by atoms with Crippen LogP contribution in [0.2, 0.25) is 0 Å². The zero-order chi connectivity index (χ0) is 31.3. The molecule has 0 N–H and O–H groups in total. The average molecular weight is 607 g/mol. The second-order valence-electron chi connectivity index (χ2n) is 12.0. The summed E-state index contributed by atoms with van der Waals surface area (Å²) in [5.74, 6) is 0. The van der Waals surface area contributed by atoms with Gasteiger partial charge >= 0.3 is 0 Å². The van der Waals surface area contributed by atoms with Crippen molar-refractivity contribution < 1.29 is 23.8 Å². The largest absolute Gasteiger partial charge is 0.349 e. The van der Waals surface area contributed by atoms with Crippen LogP contribution in [0.25, 0.3) is 0 Å². The third-order valence-electron chi connectivity index (χ3n) is 7.80. The van der Waals surface area contributed by atoms with Gasteiger partial charge in [0.25, 0.3) is 0 Å². The number of aldehydes is 2. The zero-order valence-electron chi connectivity index (χ0n) is 28.5. The van der Waals surface area contributed by atoms with Crippen molar-refractivity contribution in [3.63, 3.8) is 0 Å². The van der Waals surface area contributed by atoms with Crippen LogP contribution in [0.3, 0.4) is 0 Å². The van der Waals surface area contributed by atoms with Crippen LogP contribution in [0.4, 0.5) is 0 Å². The number of ether oxygens (including phenoxy) is 3. The van der Waals surface area contributed by atoms with Gasteiger partial charge in [0.05, 0.1) is 13.2 Å². The lowest BCUT2D eigenvalue weighted by Gasteiger charge is -2.21. The Hall–Kier alpha value is -1.30. The van der Waals surface area contributed by atoms with E-state index in [0.29, 0.717) is 13.2 Å². The van der Waals surface area contributed by atoms with Crippen molar-refractivity contribution in [3.8, 4) is 0 Å². The Morgan fingerprint density at radius 3 is 1.02 bits per heavy atom. The fourth-order valence-electron chi connectivity index (χ4n) is 4.97. The molecule has 2 unspecified atom stereocenters. The fraction of sp³-hybridized carbons (Fsp3) is 0.842. The molecule has 2 atom stereocenters. The molecule has 252 valence electrons. The van der Waals surface area contributed by atoms with Crippen LogP contribution in [0, 0.1) is 0 Å². The molecule has 0 rings (SSSR count). The van der Waals surface area contributed by atoms with E-state index >= 15 is 0 Å². The summed E-state index contributed by atoms with van der Waals surface area (Å²) >= 11 is 0. The SMILES string of the molecule is CCCCOC(C=CCCCCCCCCCCCC=O)OC(C=CCCCCCCCCCCCC=O)OCCCC. The normalized spacial score (nSPS) is 13.3. The molecule has 0 saturated heterocycles. The number of hydrogen-bond acceptors (Lipinski definition) is 5. The van der Waals surface area contributed by atoms with E-state index in [0.717, 1.165) is 76.8 Å². The van der Waals surface area contributed by atoms with E-state index in [4.69, 9.17) is 14.2 Å². The monoisotopic (exact) mass is 607 g/mol. The Bertz CT molecular complexity index is 565. The minimum Gasteiger partial charge on any atom is -0.349 e. The maximum Gasteiger partial charge on any atom is 0.180 e. The number of rotatable bonds is 36. The molecule has 0 fully saturated rings. The van der Waals surface area contributed by atoms with Crippen molar-refractivity contribution in [2.45, 2.75) is 193 Å². The maximum absolute atomic E-state index is 10.4. The first-order valence-electron chi connectivity index (χ1n) is 18.4. The van der Waals surface area contributed by atoms with Gasteiger partial charge in [-0.1, -0.05) is 129 Å². The molecule has 5 heteroatoms. The van der Waals surface area contributed by atoms with Crippen LogP contribution in [-0.2, 0) is 23.8 Å². The summed E-state index contributed by atoms with van der Waals surface area (Å²) in [4.78, 5) is 20.7. The highest BCUT2D eigenvalue weighted by Crippen LogP contribution is 2.14. The van der Waals surface area contributed by atoms with E-state index in [9.17, 15) is 9.59 Å². The predicted octanol–water partition coefficient (Wildman–Crippen LogP) is 11.4. The van der Waals surface area contributed by atoms with Gasteiger partial charge in [-0.05, 0) is 63.5 Å². The number of allylic oxidation sites excluding steroid dienone is 2. The molecule has 0 aliphatic heterocycles. The van der Waals surface area contributed by atoms with Crippen molar-refractivity contribution in [2.24, 2.45) is 0 Å². The summed E-state index contributed by atoms with van der Waals surface area (Å²) in [6, 6.07) is 0. The van der Waals surface area contributed by atoms with Gasteiger partial charge in [0.1, 0.15) is 12.6 Å². The topological polar surface area (TPSA) is 61.8 Å². The van der Waals surface area contributed by atoms with E-state index in [1.165, 1.54) is 103 Å². The van der Waals surface area contributed by atoms with Crippen molar-refractivity contribution in [2.75, 3.05) is 13.2 Å². The molecule has 0 aliphatic rings. The van der Waals surface area contributed by atoms with Gasteiger partial charge in [-0.3, -0.25) is 0 Å². The van der Waals surface area contributed by atoms with E-state index < -0.39 is 0 Å². The summed E-state index contributed by atoms with van der Waals surface area (Å²) in [7, 11) is 0. The molecule has 0 aromatic rings. The number of hydrogen-bond donors (Lipinski definition) is 0. The first kappa shape index (κ1) is 41.7. The van der Waals surface area contributed by atoms with Crippen molar-refractivity contribution in [1.82, 2.24) is 0 Å². The first-order chi connectivity index (χ1) is 21.3. The molecule has 0 aliphatic carbocycles. The van der Waals surface area contributed by atoms with Gasteiger partial charge in [0, 0.05) is 12.8 Å². The smallest absolute Gasteiger partial charge is 0.180 e. The molecule has 0 aromatic heterocycles. The van der Waals surface area contributed by atoms with Gasteiger partial charge in [0.15, 0.2) is 12.6 Å². The molecule has 0 saturated carbocycles. The standard InChI is InChI=1S/C38H70O5/c1-3-5-35-41-37(31-27-23-19-15-11-7-9-13-17-21-25-29-33-39)43-38(42-36-6-4-2)32-28-24-20-16-12-8-10-14-18-22-26-30-34-40/h27-28,31-34,37-38H,3-26,29-30,35-36H2,1-2H3. The highest BCUT2D eigenvalue weighted by atomic mass is 16.8. The Balaban J connectivity index is 4.34. The van der Waals surface area contributed by atoms with E-state index in [-0.39, 0.29) is 12.6 Å². The molecule has 0 radical (unpaired) electrons. The van der Waals surface area contributed by atoms with Gasteiger partial charge < -0.3 is 23.8 Å². The minimum absolute atomic E-state index is 0.375. The van der Waals surface area contributed by atoms with Crippen molar-refractivity contribution in [3.05, 3.63) is 24.3 Å². The van der Waals surface area contributed by atoms with Crippen LogP contribution >= 0.6 is 0 Å². The zero-order valence-corrected chi connectivity index (χ0v) is 28.5. The van der Waals surface area contributed by atoms with Crippen LogP contribution < -0.4 is 0 Å². The first-order valence-corrected chi connectivity index (χ1v) is 18.4. The summed E-state index contributed by atoms with van der Waals surface area (Å²) in [5.41, 5.74) is 0. The molecule has 43 heavy (non-hydrogen) atoms. The Morgan fingerprint density at radius 2 is 0.721 bits per heavy atom. The Kier molecular flexibility index (Phi) is 35.8. The molecular formula is C38H70O5. The highest BCUT2D eigenvalue weighted by Gasteiger charge is 2.13. The van der Waals surface area contributed by atoms with Crippen LogP contribution in [0.15, 0.2) is 24.3 Å². The molecule has 0 aromatic carbocycles. The lowest BCUT2D eigenvalue weighted by Crippen LogP contribution is -2.25. The van der Waals surface area contributed by atoms with Gasteiger partial charge in [-0.15, -0.1) is 0 Å². The van der Waals surface area contributed by atoms with Gasteiger partial charge in [-0.25, -0.2) is 0 Å². The van der Waals surface area contributed by atoms with E-state index in [1.54, 1.807) is 0 Å². The third-order valence-corrected chi connectivity index (χ3v) is 7.80. The summed E-state index contributed by atoms with van der Waals surface area (Å²) in [5, 5.41) is 0. The van der Waals surface area contributed by atoms with Crippen LogP contribution in [-0.4, -0.2) is 38.4 Å². The predicted molar refractivity (Wildman–Crippen MR) is 182 cm³/mol. The molecule has 0 amide bonds. The molecule has 0 spiro atoms. The summed E-state index contributed by atoms with van der Waals surface area (Å²) < 4.78 is 18.5. The van der Waals surface area contributed by atoms with E-state index in [1.807, 2.05) is 0 Å².